The van der Waals surface area contributed by atoms with E-state index in [1.54, 1.807) is 25.3 Å². The van der Waals surface area contributed by atoms with E-state index >= 15 is 0 Å². The molecule has 0 aromatic heterocycles. The maximum Gasteiger partial charge on any atom is 0.244 e. The van der Waals surface area contributed by atoms with Crippen LogP contribution in [0, 0.1) is 35.5 Å². The van der Waals surface area contributed by atoms with Gasteiger partial charge >= 0.3 is 0 Å². The van der Waals surface area contributed by atoms with Crippen LogP contribution in [-0.2, 0) is 14.4 Å². The molecule has 28 heavy (non-hydrogen) atoms. The van der Waals surface area contributed by atoms with Gasteiger partial charge in [0.1, 0.15) is 18.0 Å². The summed E-state index contributed by atoms with van der Waals surface area (Å²) in [5, 5.41) is 2.74. The smallest absolute Gasteiger partial charge is 0.244 e. The normalized spacial score (nSPS) is 34.1. The van der Waals surface area contributed by atoms with Crippen molar-refractivity contribution in [3.63, 3.8) is 0 Å². The predicted molar refractivity (Wildman–Crippen MR) is 99.6 cm³/mol. The van der Waals surface area contributed by atoms with E-state index in [-0.39, 0.29) is 42.0 Å². The number of nitrogens with one attached hydrogen (secondary N) is 1. The zero-order valence-electron chi connectivity index (χ0n) is 15.8. The van der Waals surface area contributed by atoms with Gasteiger partial charge < -0.3 is 14.8 Å². The third-order valence-corrected chi connectivity index (χ3v) is 6.74. The summed E-state index contributed by atoms with van der Waals surface area (Å²) in [5.74, 6) is 1.08. The Balaban J connectivity index is 1.31. The largest absolute Gasteiger partial charge is 0.497 e. The second-order valence-corrected chi connectivity index (χ2v) is 8.03. The first-order valence-electron chi connectivity index (χ1n) is 9.59. The molecule has 1 aliphatic heterocycles. The molecule has 1 aromatic carbocycles. The zero-order chi connectivity index (χ0) is 19.6. The minimum atomic E-state index is -0.422. The van der Waals surface area contributed by atoms with Crippen molar-refractivity contribution in [2.45, 2.75) is 6.42 Å². The number of carbonyl (C=O) groups is 3. The van der Waals surface area contributed by atoms with Crippen LogP contribution in [0.3, 0.4) is 0 Å². The molecule has 0 spiro atoms. The average Bonchev–Trinajstić information content (AvgIpc) is 3.49. The van der Waals surface area contributed by atoms with Gasteiger partial charge in [0, 0.05) is 6.07 Å². The highest BCUT2D eigenvalue weighted by molar-refractivity contribution is 6.09. The van der Waals surface area contributed by atoms with E-state index in [2.05, 4.69) is 17.5 Å². The van der Waals surface area contributed by atoms with Gasteiger partial charge in [-0.2, -0.15) is 0 Å². The molecule has 0 radical (unpaired) electrons. The molecule has 1 saturated heterocycles. The first-order valence-corrected chi connectivity index (χ1v) is 9.59. The minimum absolute atomic E-state index is 0.159. The average molecular weight is 382 g/mol. The molecule has 1 aromatic rings. The van der Waals surface area contributed by atoms with E-state index in [0.717, 1.165) is 11.3 Å². The van der Waals surface area contributed by atoms with Gasteiger partial charge in [-0.25, -0.2) is 0 Å². The number of rotatable bonds is 5. The van der Waals surface area contributed by atoms with Crippen LogP contribution >= 0.6 is 0 Å². The number of benzene rings is 1. The van der Waals surface area contributed by atoms with Crippen LogP contribution in [0.5, 0.6) is 11.5 Å². The standard InChI is InChI=1S/C21H22N2O5/c1-27-10-3-6-15(16(7-10)28-2)22-17(24)9-23-20(25)18-11-4-5-12(14-8-13(11)14)19(18)21(23)26/h3-7,11-14,18-19H,8-9H2,1-2H3,(H,22,24)/t11-,12+,13-,14-,18+,19-/m1/s1. The van der Waals surface area contributed by atoms with E-state index in [4.69, 9.17) is 9.47 Å². The van der Waals surface area contributed by atoms with Crippen molar-refractivity contribution in [1.82, 2.24) is 4.90 Å². The number of methoxy groups -OCH3 is 2. The molecule has 1 heterocycles. The maximum atomic E-state index is 12.9. The van der Waals surface area contributed by atoms with E-state index in [0.29, 0.717) is 29.0 Å². The fourth-order valence-electron chi connectivity index (χ4n) is 5.41. The van der Waals surface area contributed by atoms with Crippen LogP contribution in [0.15, 0.2) is 30.4 Å². The highest BCUT2D eigenvalue weighted by Crippen LogP contribution is 2.65. The molecule has 3 fully saturated rings. The number of likely N-dealkylation sites (tertiary alicyclic amines) is 1. The molecule has 4 aliphatic carbocycles. The Morgan fingerprint density at radius 2 is 1.71 bits per heavy atom. The van der Waals surface area contributed by atoms with E-state index < -0.39 is 5.91 Å². The molecule has 7 nitrogen and oxygen atoms in total. The molecular weight excluding hydrogens is 360 g/mol. The van der Waals surface area contributed by atoms with Gasteiger partial charge in [-0.1, -0.05) is 12.2 Å². The summed E-state index contributed by atoms with van der Waals surface area (Å²) in [4.78, 5) is 39.6. The Morgan fingerprint density at radius 3 is 2.29 bits per heavy atom. The number of ether oxygens (including phenoxy) is 2. The van der Waals surface area contributed by atoms with Crippen LogP contribution in [0.4, 0.5) is 5.69 Å². The van der Waals surface area contributed by atoms with Crippen molar-refractivity contribution in [3.05, 3.63) is 30.4 Å². The summed E-state index contributed by atoms with van der Waals surface area (Å²) in [6, 6.07) is 5.03. The Bertz CT molecular complexity index is 874. The Hall–Kier alpha value is -2.83. The number of amides is 3. The van der Waals surface area contributed by atoms with Crippen LogP contribution in [-0.4, -0.2) is 43.4 Å². The zero-order valence-corrected chi connectivity index (χ0v) is 15.8. The van der Waals surface area contributed by atoms with Gasteiger partial charge in [-0.3, -0.25) is 19.3 Å². The monoisotopic (exact) mass is 382 g/mol. The number of nitrogens with zero attached hydrogens (tertiary/aromatic N) is 1. The topological polar surface area (TPSA) is 84.9 Å². The summed E-state index contributed by atoms with van der Waals surface area (Å²) in [7, 11) is 3.04. The van der Waals surface area contributed by atoms with Crippen LogP contribution in [0.25, 0.3) is 0 Å². The fourth-order valence-corrected chi connectivity index (χ4v) is 5.41. The van der Waals surface area contributed by atoms with Gasteiger partial charge in [0.2, 0.25) is 17.7 Å². The summed E-state index contributed by atoms with van der Waals surface area (Å²) in [5.41, 5.74) is 0.466. The maximum absolute atomic E-state index is 12.9. The van der Waals surface area contributed by atoms with Gasteiger partial charge in [0.15, 0.2) is 0 Å². The van der Waals surface area contributed by atoms with Crippen LogP contribution in [0.2, 0.25) is 0 Å². The van der Waals surface area contributed by atoms with Crippen molar-refractivity contribution in [1.29, 1.82) is 0 Å². The lowest BCUT2D eigenvalue weighted by Gasteiger charge is -2.37. The SMILES string of the molecule is COc1ccc(NC(=O)CN2C(=O)[C@@H]3[C@H]4C=C[C@H]([C@H]5C[C@H]45)[C@@H]3C2=O)c(OC)c1. The van der Waals surface area contributed by atoms with Gasteiger partial charge in [0.05, 0.1) is 31.7 Å². The summed E-state index contributed by atoms with van der Waals surface area (Å²) < 4.78 is 10.4. The first-order chi connectivity index (χ1) is 13.5. The lowest BCUT2D eigenvalue weighted by Crippen LogP contribution is -2.40. The molecule has 146 valence electrons. The molecule has 3 amide bonds. The number of hydrogen-bond acceptors (Lipinski definition) is 5. The third-order valence-electron chi connectivity index (χ3n) is 6.74. The van der Waals surface area contributed by atoms with Crippen molar-refractivity contribution in [2.24, 2.45) is 35.5 Å². The highest BCUT2D eigenvalue weighted by atomic mass is 16.5. The second kappa shape index (κ2) is 6.09. The Kier molecular flexibility index (Phi) is 3.76. The quantitative estimate of drug-likeness (QED) is 0.619. The van der Waals surface area contributed by atoms with Crippen molar-refractivity contribution in [2.75, 3.05) is 26.1 Å². The molecule has 2 bridgehead atoms. The van der Waals surface area contributed by atoms with Gasteiger partial charge in [-0.05, 0) is 42.2 Å². The Labute approximate surface area is 162 Å². The molecule has 6 rings (SSSR count). The number of carbonyl (C=O) groups excluding carboxylic acids is 3. The lowest BCUT2D eigenvalue weighted by atomic mass is 9.63. The summed E-state index contributed by atoms with van der Waals surface area (Å²) in [6.07, 6.45) is 5.36. The van der Waals surface area contributed by atoms with Crippen molar-refractivity contribution >= 4 is 23.4 Å². The van der Waals surface area contributed by atoms with Crippen molar-refractivity contribution in [3.8, 4) is 11.5 Å². The molecule has 6 atom stereocenters. The summed E-state index contributed by atoms with van der Waals surface area (Å²) >= 11 is 0. The molecule has 5 aliphatic rings. The van der Waals surface area contributed by atoms with Crippen LogP contribution < -0.4 is 14.8 Å². The highest BCUT2D eigenvalue weighted by Gasteiger charge is 2.67. The Morgan fingerprint density at radius 1 is 1.07 bits per heavy atom. The second-order valence-electron chi connectivity index (χ2n) is 8.03. The van der Waals surface area contributed by atoms with Gasteiger partial charge in [-0.15, -0.1) is 0 Å². The predicted octanol–water partition coefficient (Wildman–Crippen LogP) is 1.70. The molecule has 0 unspecified atom stereocenters. The summed E-state index contributed by atoms with van der Waals surface area (Å²) in [6.45, 7) is -0.269. The molecule has 1 N–H and O–H groups in total. The van der Waals surface area contributed by atoms with Gasteiger partial charge in [0.25, 0.3) is 0 Å². The van der Waals surface area contributed by atoms with Crippen molar-refractivity contribution < 1.29 is 23.9 Å². The lowest BCUT2D eigenvalue weighted by molar-refractivity contribution is -0.142. The van der Waals surface area contributed by atoms with E-state index in [1.807, 2.05) is 0 Å². The molecular formula is C21H22N2O5. The molecule has 2 saturated carbocycles. The third kappa shape index (κ3) is 2.38. The van der Waals surface area contributed by atoms with Crippen LogP contribution in [0.1, 0.15) is 6.42 Å². The van der Waals surface area contributed by atoms with E-state index in [9.17, 15) is 14.4 Å². The number of imide groups is 1. The number of allylic oxidation sites excluding steroid dienone is 2. The number of hydrogen-bond donors (Lipinski definition) is 1. The fraction of sp³-hybridized carbons (Fsp3) is 0.476. The first kappa shape index (κ1) is 17.3. The number of anilines is 1. The molecule has 7 heteroatoms. The van der Waals surface area contributed by atoms with E-state index in [1.165, 1.54) is 7.11 Å². The minimum Gasteiger partial charge on any atom is -0.497 e.